The van der Waals surface area contributed by atoms with E-state index in [1.54, 1.807) is 16.9 Å². The predicted molar refractivity (Wildman–Crippen MR) is 117 cm³/mol. The van der Waals surface area contributed by atoms with Gasteiger partial charge in [0, 0.05) is 30.4 Å². The van der Waals surface area contributed by atoms with Crippen LogP contribution in [-0.4, -0.2) is 72.9 Å². The Morgan fingerprint density at radius 2 is 2.25 bits per heavy atom. The van der Waals surface area contributed by atoms with Gasteiger partial charge in [0.1, 0.15) is 11.6 Å². The summed E-state index contributed by atoms with van der Waals surface area (Å²) in [5.74, 6) is 1.42. The molecule has 0 bridgehead atoms. The lowest BCUT2D eigenvalue weighted by atomic mass is 10.0. The summed E-state index contributed by atoms with van der Waals surface area (Å²) in [6.45, 7) is 3.37. The molecule has 1 saturated heterocycles. The monoisotopic (exact) mass is 437 g/mol. The maximum Gasteiger partial charge on any atom is 0.404 e. The van der Waals surface area contributed by atoms with Gasteiger partial charge >= 0.3 is 6.09 Å². The van der Waals surface area contributed by atoms with Gasteiger partial charge in [0.25, 0.3) is 0 Å². The number of hydrogen-bond donors (Lipinski definition) is 4. The molecule has 1 amide bonds. The normalized spacial score (nSPS) is 18.9. The summed E-state index contributed by atoms with van der Waals surface area (Å²) in [6.07, 6.45) is 3.95. The molecule has 0 saturated carbocycles. The number of carboxylic acid groups (broad SMARTS) is 1. The number of hydrogen-bond acceptors (Lipinski definition) is 7. The van der Waals surface area contributed by atoms with Gasteiger partial charge in [-0.25, -0.2) is 14.3 Å². The number of H-pyrrole nitrogens is 1. The quantitative estimate of drug-likeness (QED) is 0.371. The molecular weight excluding hydrogens is 414 g/mol. The maximum absolute atomic E-state index is 10.9. The Morgan fingerprint density at radius 3 is 2.97 bits per heavy atom. The van der Waals surface area contributed by atoms with Gasteiger partial charge in [0.2, 0.25) is 0 Å². The van der Waals surface area contributed by atoms with E-state index in [4.69, 9.17) is 9.84 Å². The van der Waals surface area contributed by atoms with Crippen LogP contribution in [0.15, 0.2) is 36.8 Å². The lowest BCUT2D eigenvalue weighted by Gasteiger charge is -2.36. The standard InChI is InChI=1S/C21H23N7O4/c1-2-32-13-7-14(19-15-9-23-25-20(15)26-28(19)10-13)12-3-4-18(22-8-12)27-6-5-16(17(29)11-27)24-21(30)31/h3-4,7-10,16-17,24,29H,2,5-6,11H2,1H3,(H,25,26)(H,30,31)/t16-,17-/m0/s1. The summed E-state index contributed by atoms with van der Waals surface area (Å²) in [5, 5.41) is 34.0. The molecule has 5 heterocycles. The molecule has 0 aliphatic carbocycles. The summed E-state index contributed by atoms with van der Waals surface area (Å²) >= 11 is 0. The Kier molecular flexibility index (Phi) is 5.02. The van der Waals surface area contributed by atoms with Crippen molar-refractivity contribution in [2.75, 3.05) is 24.6 Å². The molecule has 0 aromatic carbocycles. The van der Waals surface area contributed by atoms with Crippen molar-refractivity contribution in [2.24, 2.45) is 0 Å². The molecule has 11 nitrogen and oxygen atoms in total. The topological polar surface area (TPSA) is 141 Å². The third-order valence-corrected chi connectivity index (χ3v) is 5.69. The van der Waals surface area contributed by atoms with Crippen LogP contribution in [0.25, 0.3) is 27.7 Å². The highest BCUT2D eigenvalue weighted by Crippen LogP contribution is 2.33. The van der Waals surface area contributed by atoms with Crippen molar-refractivity contribution in [1.29, 1.82) is 0 Å². The highest BCUT2D eigenvalue weighted by molar-refractivity contribution is 6.00. The van der Waals surface area contributed by atoms with Crippen molar-refractivity contribution >= 4 is 28.5 Å². The van der Waals surface area contributed by atoms with Crippen LogP contribution in [0.5, 0.6) is 5.75 Å². The van der Waals surface area contributed by atoms with Crippen molar-refractivity contribution < 1.29 is 19.7 Å². The van der Waals surface area contributed by atoms with E-state index in [2.05, 4.69) is 25.6 Å². The summed E-state index contributed by atoms with van der Waals surface area (Å²) in [4.78, 5) is 17.4. The largest absolute Gasteiger partial charge is 0.492 e. The van der Waals surface area contributed by atoms with E-state index < -0.39 is 18.2 Å². The Morgan fingerprint density at radius 1 is 1.38 bits per heavy atom. The number of aliphatic hydroxyl groups excluding tert-OH is 1. The Bertz CT molecular complexity index is 1270. The van der Waals surface area contributed by atoms with Gasteiger partial charge in [-0.3, -0.25) is 5.10 Å². The van der Waals surface area contributed by atoms with Crippen LogP contribution >= 0.6 is 0 Å². The third-order valence-electron chi connectivity index (χ3n) is 5.69. The number of carbonyl (C=O) groups is 1. The van der Waals surface area contributed by atoms with Crippen LogP contribution in [0.2, 0.25) is 0 Å². The molecule has 5 rings (SSSR count). The summed E-state index contributed by atoms with van der Waals surface area (Å²) in [6, 6.07) is 5.37. The van der Waals surface area contributed by atoms with Gasteiger partial charge in [-0.2, -0.15) is 5.10 Å². The second kappa shape index (κ2) is 8.00. The molecule has 1 aliphatic rings. The van der Waals surface area contributed by atoms with Gasteiger partial charge in [0.15, 0.2) is 5.65 Å². The minimum absolute atomic E-state index is 0.305. The van der Waals surface area contributed by atoms with E-state index in [0.717, 1.165) is 27.8 Å². The lowest BCUT2D eigenvalue weighted by molar-refractivity contribution is 0.108. The Hall–Kier alpha value is -3.86. The second-order valence-electron chi connectivity index (χ2n) is 7.71. The zero-order valence-corrected chi connectivity index (χ0v) is 17.4. The first kappa shape index (κ1) is 20.1. The third kappa shape index (κ3) is 3.56. The fraction of sp³-hybridized carbons (Fsp3) is 0.333. The van der Waals surface area contributed by atoms with Crippen molar-refractivity contribution in [2.45, 2.75) is 25.5 Å². The van der Waals surface area contributed by atoms with E-state index in [1.165, 1.54) is 0 Å². The smallest absolute Gasteiger partial charge is 0.404 e. The number of piperidine rings is 1. The highest BCUT2D eigenvalue weighted by Gasteiger charge is 2.29. The number of aliphatic hydroxyl groups is 1. The SMILES string of the molecule is CCOc1cc(-c2ccc(N3CC[C@H](NC(=O)O)[C@@H](O)C3)nc2)c2c3cn[nH]c3nn2c1. The van der Waals surface area contributed by atoms with Gasteiger partial charge in [-0.1, -0.05) is 0 Å². The molecule has 4 aromatic rings. The average molecular weight is 437 g/mol. The zero-order valence-electron chi connectivity index (χ0n) is 17.4. The molecular formula is C21H23N7O4. The highest BCUT2D eigenvalue weighted by atomic mass is 16.5. The molecule has 1 fully saturated rings. The zero-order chi connectivity index (χ0) is 22.2. The van der Waals surface area contributed by atoms with Crippen LogP contribution in [0, 0.1) is 0 Å². The van der Waals surface area contributed by atoms with Gasteiger partial charge in [0.05, 0.1) is 42.0 Å². The number of amides is 1. The number of anilines is 1. The molecule has 1 aliphatic heterocycles. The molecule has 4 aromatic heterocycles. The number of ether oxygens (including phenoxy) is 1. The molecule has 2 atom stereocenters. The predicted octanol–water partition coefficient (Wildman–Crippen LogP) is 1.88. The van der Waals surface area contributed by atoms with Crippen molar-refractivity contribution in [3.05, 3.63) is 36.8 Å². The first-order valence-corrected chi connectivity index (χ1v) is 10.4. The number of aromatic nitrogens is 5. The number of β-amino-alcohol motifs (C(OH)–C–C–N with tert-alkyl or cyclic N) is 1. The van der Waals surface area contributed by atoms with Crippen molar-refractivity contribution in [3.63, 3.8) is 0 Å². The number of rotatable bonds is 5. The maximum atomic E-state index is 10.9. The van der Waals surface area contributed by atoms with Crippen molar-refractivity contribution in [1.82, 2.24) is 30.1 Å². The fourth-order valence-corrected chi connectivity index (χ4v) is 4.21. The van der Waals surface area contributed by atoms with E-state index >= 15 is 0 Å². The molecule has 0 unspecified atom stereocenters. The molecule has 166 valence electrons. The Balaban J connectivity index is 1.46. The first-order valence-electron chi connectivity index (χ1n) is 10.4. The van der Waals surface area contributed by atoms with E-state index in [1.807, 2.05) is 36.2 Å². The molecule has 0 radical (unpaired) electrons. The van der Waals surface area contributed by atoms with Crippen LogP contribution < -0.4 is 15.0 Å². The van der Waals surface area contributed by atoms with Crippen molar-refractivity contribution in [3.8, 4) is 16.9 Å². The lowest BCUT2D eigenvalue weighted by Crippen LogP contribution is -2.54. The van der Waals surface area contributed by atoms with Crippen LogP contribution in [0.1, 0.15) is 13.3 Å². The van der Waals surface area contributed by atoms with Crippen LogP contribution in [0.3, 0.4) is 0 Å². The van der Waals surface area contributed by atoms with Crippen LogP contribution in [-0.2, 0) is 0 Å². The summed E-state index contributed by atoms with van der Waals surface area (Å²) in [7, 11) is 0. The Labute approximate surface area is 182 Å². The van der Waals surface area contributed by atoms with Gasteiger partial charge < -0.3 is 25.2 Å². The average Bonchev–Trinajstić information content (AvgIpc) is 3.36. The van der Waals surface area contributed by atoms with E-state index in [9.17, 15) is 9.90 Å². The van der Waals surface area contributed by atoms with Gasteiger partial charge in [-0.15, -0.1) is 5.10 Å². The summed E-state index contributed by atoms with van der Waals surface area (Å²) < 4.78 is 7.51. The minimum Gasteiger partial charge on any atom is -0.492 e. The minimum atomic E-state index is -1.13. The van der Waals surface area contributed by atoms with E-state index in [0.29, 0.717) is 37.5 Å². The number of fused-ring (bicyclic) bond motifs is 3. The summed E-state index contributed by atoms with van der Waals surface area (Å²) in [5.41, 5.74) is 3.41. The number of aromatic amines is 1. The fourth-order valence-electron chi connectivity index (χ4n) is 4.21. The van der Waals surface area contributed by atoms with Gasteiger partial charge in [-0.05, 0) is 31.5 Å². The number of pyridine rings is 2. The second-order valence-corrected chi connectivity index (χ2v) is 7.71. The molecule has 11 heteroatoms. The van der Waals surface area contributed by atoms with Crippen LogP contribution in [0.4, 0.5) is 10.6 Å². The first-order chi connectivity index (χ1) is 15.5. The molecule has 0 spiro atoms. The van der Waals surface area contributed by atoms with E-state index in [-0.39, 0.29) is 0 Å². The number of nitrogens with one attached hydrogen (secondary N) is 2. The molecule has 32 heavy (non-hydrogen) atoms. The molecule has 4 N–H and O–H groups in total. The number of nitrogens with zero attached hydrogens (tertiary/aromatic N) is 5.